The molecule has 2 unspecified atom stereocenters. The summed E-state index contributed by atoms with van der Waals surface area (Å²) in [5.74, 6) is 1.38. The van der Waals surface area contributed by atoms with Crippen LogP contribution in [0.5, 0.6) is 0 Å². The minimum absolute atomic E-state index is 0.182. The number of hydrogen-bond donors (Lipinski definition) is 3. The number of hydrogen-bond acceptors (Lipinski definition) is 7. The number of aromatic nitrogens is 2. The molecule has 2 atom stereocenters. The van der Waals surface area contributed by atoms with Gasteiger partial charge in [0, 0.05) is 12.1 Å². The van der Waals surface area contributed by atoms with Crippen LogP contribution in [-0.2, 0) is 4.79 Å². The molecule has 1 aromatic heterocycles. The van der Waals surface area contributed by atoms with Crippen molar-refractivity contribution in [2.45, 2.75) is 45.8 Å². The fourth-order valence-corrected chi connectivity index (χ4v) is 4.94. The number of benzene rings is 1. The number of aryl methyl sites for hydroxylation is 1. The van der Waals surface area contributed by atoms with Gasteiger partial charge < -0.3 is 16.4 Å². The van der Waals surface area contributed by atoms with E-state index in [2.05, 4.69) is 25.5 Å². The van der Waals surface area contributed by atoms with Crippen molar-refractivity contribution in [2.24, 2.45) is 15.7 Å². The third-order valence-electron chi connectivity index (χ3n) is 6.36. The summed E-state index contributed by atoms with van der Waals surface area (Å²) < 4.78 is 1.66. The lowest BCUT2D eigenvalue weighted by Gasteiger charge is -2.37. The third kappa shape index (κ3) is 4.82. The smallest absolute Gasteiger partial charge is 0.267 e. The quantitative estimate of drug-likeness (QED) is 0.297. The van der Waals surface area contributed by atoms with Gasteiger partial charge in [-0.25, -0.2) is 9.98 Å². The summed E-state index contributed by atoms with van der Waals surface area (Å²) in [6, 6.07) is 9.27. The average Bonchev–Trinajstić information content (AvgIpc) is 3.35. The first-order chi connectivity index (χ1) is 17.4. The third-order valence-corrected chi connectivity index (χ3v) is 6.77. The highest BCUT2D eigenvalue weighted by molar-refractivity contribution is 6.48. The maximum absolute atomic E-state index is 13.8. The lowest BCUT2D eigenvalue weighted by atomic mass is 10.1. The number of aliphatic imine (C=N–C) groups is 2. The normalized spacial score (nSPS) is 21.0. The van der Waals surface area contributed by atoms with Gasteiger partial charge in [-0.05, 0) is 45.7 Å². The molecule has 2 aliphatic rings. The maximum atomic E-state index is 13.8. The number of allylic oxidation sites excluding steroid dienone is 1. The van der Waals surface area contributed by atoms with Gasteiger partial charge in [0.1, 0.15) is 17.8 Å². The van der Waals surface area contributed by atoms with Crippen molar-refractivity contribution in [3.63, 3.8) is 0 Å². The molecule has 4 N–H and O–H groups in total. The second kappa shape index (κ2) is 10.9. The minimum Gasteiger partial charge on any atom is -0.370 e. The van der Waals surface area contributed by atoms with Crippen molar-refractivity contribution in [2.75, 3.05) is 6.54 Å². The van der Waals surface area contributed by atoms with E-state index in [0.29, 0.717) is 34.3 Å². The van der Waals surface area contributed by atoms with Crippen LogP contribution in [0.3, 0.4) is 0 Å². The van der Waals surface area contributed by atoms with Crippen molar-refractivity contribution < 1.29 is 4.79 Å². The summed E-state index contributed by atoms with van der Waals surface area (Å²) in [6.45, 7) is 6.29. The molecule has 1 saturated heterocycles. The Morgan fingerprint density at radius 1 is 1.31 bits per heavy atom. The molecule has 0 saturated carbocycles. The highest BCUT2D eigenvalue weighted by atomic mass is 35.5. The number of nitrogens with zero attached hydrogens (tertiary/aromatic N) is 5. The molecule has 2 aliphatic heterocycles. The zero-order chi connectivity index (χ0) is 25.8. The van der Waals surface area contributed by atoms with Crippen LogP contribution in [0.1, 0.15) is 49.8 Å². The molecule has 0 bridgehead atoms. The molecular formula is C25H29ClN8O2. The van der Waals surface area contributed by atoms with Crippen molar-refractivity contribution >= 4 is 35.3 Å². The van der Waals surface area contributed by atoms with Gasteiger partial charge in [0.15, 0.2) is 5.96 Å². The Morgan fingerprint density at radius 2 is 2.06 bits per heavy atom. The Kier molecular flexibility index (Phi) is 7.66. The second-order valence-corrected chi connectivity index (χ2v) is 8.95. The van der Waals surface area contributed by atoms with Gasteiger partial charge in [0.05, 0.1) is 34.4 Å². The van der Waals surface area contributed by atoms with E-state index in [4.69, 9.17) is 22.3 Å². The first-order valence-electron chi connectivity index (χ1n) is 11.7. The number of amides is 1. The first-order valence-corrected chi connectivity index (χ1v) is 12.0. The molecule has 1 amide bonds. The number of nitrogens with one attached hydrogen (secondary N) is 2. The van der Waals surface area contributed by atoms with Crippen LogP contribution in [0, 0.1) is 6.92 Å². The molecule has 2 aromatic rings. The Labute approximate surface area is 214 Å². The standard InChI is InChI=1S/C25H29ClN8O2/c1-4-18(26)20-16(3)30-23(34(24(20)36)17-9-6-5-7-10-17)19-11-8-12-33(19)22-15(2)21(29-13-28-14-35)31-25(27)32-22/h4-7,9-10,13-14,19,22H,8,11-12H2,1-3H3,(H3,27,31,32)(H,28,29,35)/b18-4+. The van der Waals surface area contributed by atoms with Crippen LogP contribution in [0.4, 0.5) is 0 Å². The van der Waals surface area contributed by atoms with E-state index in [1.807, 2.05) is 44.2 Å². The first kappa shape index (κ1) is 25.3. The van der Waals surface area contributed by atoms with E-state index >= 15 is 0 Å². The largest absolute Gasteiger partial charge is 0.370 e. The van der Waals surface area contributed by atoms with Crippen LogP contribution in [0.25, 0.3) is 10.7 Å². The predicted octanol–water partition coefficient (Wildman–Crippen LogP) is 2.53. The van der Waals surface area contributed by atoms with Gasteiger partial charge in [-0.1, -0.05) is 35.9 Å². The van der Waals surface area contributed by atoms with E-state index in [1.165, 1.54) is 6.34 Å². The van der Waals surface area contributed by atoms with E-state index in [-0.39, 0.29) is 23.7 Å². The molecule has 36 heavy (non-hydrogen) atoms. The fraction of sp³-hybridized carbons (Fsp3) is 0.320. The van der Waals surface area contributed by atoms with Crippen LogP contribution in [-0.4, -0.2) is 45.9 Å². The summed E-state index contributed by atoms with van der Waals surface area (Å²) in [7, 11) is 0. The lowest BCUT2D eigenvalue weighted by Crippen LogP contribution is -2.54. The zero-order valence-electron chi connectivity index (χ0n) is 20.4. The lowest BCUT2D eigenvalue weighted by molar-refractivity contribution is -0.106. The number of para-hydroxylation sites is 1. The summed E-state index contributed by atoms with van der Waals surface area (Å²) >= 11 is 6.44. The molecule has 0 radical (unpaired) electrons. The van der Waals surface area contributed by atoms with Crippen LogP contribution < -0.4 is 21.9 Å². The Balaban J connectivity index is 1.84. The second-order valence-electron chi connectivity index (χ2n) is 8.54. The summed E-state index contributed by atoms with van der Waals surface area (Å²) in [5, 5.41) is 6.54. The van der Waals surface area contributed by atoms with Crippen molar-refractivity contribution in [3.05, 3.63) is 75.2 Å². The predicted molar refractivity (Wildman–Crippen MR) is 142 cm³/mol. The number of guanidine groups is 1. The van der Waals surface area contributed by atoms with Crippen molar-refractivity contribution in [3.8, 4) is 5.69 Å². The maximum Gasteiger partial charge on any atom is 0.267 e. The van der Waals surface area contributed by atoms with Crippen molar-refractivity contribution in [1.29, 1.82) is 0 Å². The van der Waals surface area contributed by atoms with Crippen LogP contribution >= 0.6 is 11.6 Å². The highest BCUT2D eigenvalue weighted by Crippen LogP contribution is 2.36. The number of nitrogens with two attached hydrogens (primary N) is 1. The molecule has 3 heterocycles. The van der Waals surface area contributed by atoms with E-state index in [0.717, 1.165) is 30.6 Å². The van der Waals surface area contributed by atoms with Gasteiger partial charge in [-0.3, -0.25) is 19.1 Å². The molecule has 10 nitrogen and oxygen atoms in total. The fourth-order valence-electron chi connectivity index (χ4n) is 4.72. The van der Waals surface area contributed by atoms with Gasteiger partial charge in [-0.15, -0.1) is 0 Å². The van der Waals surface area contributed by atoms with Crippen LogP contribution in [0.15, 0.2) is 62.6 Å². The number of rotatable bonds is 7. The molecule has 0 spiro atoms. The van der Waals surface area contributed by atoms with Gasteiger partial charge in [0.25, 0.3) is 5.56 Å². The van der Waals surface area contributed by atoms with E-state index in [9.17, 15) is 9.59 Å². The summed E-state index contributed by atoms with van der Waals surface area (Å²) in [4.78, 5) is 39.4. The monoisotopic (exact) mass is 508 g/mol. The zero-order valence-corrected chi connectivity index (χ0v) is 21.2. The highest BCUT2D eigenvalue weighted by Gasteiger charge is 2.38. The minimum atomic E-state index is -0.303. The van der Waals surface area contributed by atoms with Crippen LogP contribution in [0.2, 0.25) is 0 Å². The molecule has 11 heteroatoms. The Bertz CT molecular complexity index is 1330. The molecule has 4 rings (SSSR count). The average molecular weight is 509 g/mol. The molecule has 1 aromatic carbocycles. The van der Waals surface area contributed by atoms with Gasteiger partial charge in [-0.2, -0.15) is 4.99 Å². The molecule has 1 fully saturated rings. The molecule has 188 valence electrons. The van der Waals surface area contributed by atoms with E-state index < -0.39 is 0 Å². The number of carbonyl (C=O) groups excluding carboxylic acids is 1. The topological polar surface area (TPSA) is 130 Å². The molecular weight excluding hydrogens is 480 g/mol. The number of halogens is 1. The number of carbonyl (C=O) groups is 1. The number of likely N-dealkylation sites (tertiary alicyclic amines) is 1. The van der Waals surface area contributed by atoms with Gasteiger partial charge in [0.2, 0.25) is 6.41 Å². The van der Waals surface area contributed by atoms with Crippen molar-refractivity contribution in [1.82, 2.24) is 25.1 Å². The Morgan fingerprint density at radius 3 is 2.75 bits per heavy atom. The van der Waals surface area contributed by atoms with E-state index in [1.54, 1.807) is 17.6 Å². The summed E-state index contributed by atoms with van der Waals surface area (Å²) in [5.41, 5.74) is 8.45. The summed E-state index contributed by atoms with van der Waals surface area (Å²) in [6.07, 6.45) is 4.81. The van der Waals surface area contributed by atoms with Gasteiger partial charge >= 0.3 is 0 Å². The Hall–Kier alpha value is -3.76. The molecule has 0 aliphatic carbocycles. The SMILES string of the molecule is C/C=C(/Cl)c1c(C)nc(C2CCCN2C2NC(N)=NC(N/C=N\C=O)=C2C)n(-c2ccccc2)c1=O.